The summed E-state index contributed by atoms with van der Waals surface area (Å²) >= 11 is 0. The van der Waals surface area contributed by atoms with Crippen molar-refractivity contribution >= 4 is 0 Å². The number of rotatable bonds is 5. The molecular weight excluding hydrogens is 203 g/mol. The topological polar surface area (TPSA) is 20.2 Å². The minimum atomic E-state index is -0.275. The van der Waals surface area contributed by atoms with Gasteiger partial charge in [0.15, 0.2) is 0 Å². The Bertz CT molecular complexity index is 334. The van der Waals surface area contributed by atoms with Gasteiger partial charge in [0.1, 0.15) is 5.82 Å². The minimum Gasteiger partial charge on any atom is -0.393 e. The maximum atomic E-state index is 13.0. The summed E-state index contributed by atoms with van der Waals surface area (Å²) in [4.78, 5) is 0. The van der Waals surface area contributed by atoms with Gasteiger partial charge in [-0.3, -0.25) is 0 Å². The highest BCUT2D eigenvalue weighted by molar-refractivity contribution is 5.26. The number of aliphatic hydroxyl groups excluding tert-OH is 1. The predicted molar refractivity (Wildman–Crippen MR) is 64.9 cm³/mol. The summed E-state index contributed by atoms with van der Waals surface area (Å²) in [7, 11) is 0. The standard InChI is InChI=1S/C14H21FO/c1-10(2)8-14(16)7-5-12-9-13(15)6-4-11(12)3/h4,6,9-10,14,16H,5,7-8H2,1-3H3. The molecule has 0 amide bonds. The van der Waals surface area contributed by atoms with Crippen molar-refractivity contribution in [2.75, 3.05) is 0 Å². The molecule has 1 N–H and O–H groups in total. The van der Waals surface area contributed by atoms with E-state index in [0.717, 1.165) is 24.0 Å². The fourth-order valence-electron chi connectivity index (χ4n) is 1.89. The van der Waals surface area contributed by atoms with Gasteiger partial charge in [-0.1, -0.05) is 19.9 Å². The van der Waals surface area contributed by atoms with E-state index in [4.69, 9.17) is 0 Å². The van der Waals surface area contributed by atoms with Crippen molar-refractivity contribution in [2.24, 2.45) is 5.92 Å². The molecule has 1 unspecified atom stereocenters. The van der Waals surface area contributed by atoms with Crippen LogP contribution >= 0.6 is 0 Å². The molecule has 1 aromatic rings. The number of aryl methyl sites for hydroxylation is 2. The third-order valence-corrected chi connectivity index (χ3v) is 2.80. The third-order valence-electron chi connectivity index (χ3n) is 2.80. The first-order valence-electron chi connectivity index (χ1n) is 5.92. The molecule has 1 nitrogen and oxygen atoms in total. The van der Waals surface area contributed by atoms with Crippen LogP contribution in [0.2, 0.25) is 0 Å². The Morgan fingerprint density at radius 2 is 2.00 bits per heavy atom. The second-order valence-electron chi connectivity index (χ2n) is 4.89. The molecule has 0 aliphatic rings. The van der Waals surface area contributed by atoms with Gasteiger partial charge in [-0.25, -0.2) is 4.39 Å². The lowest BCUT2D eigenvalue weighted by atomic mass is 9.97. The van der Waals surface area contributed by atoms with E-state index < -0.39 is 0 Å². The Kier molecular flexibility index (Phi) is 4.94. The van der Waals surface area contributed by atoms with Crippen LogP contribution < -0.4 is 0 Å². The fraction of sp³-hybridized carbons (Fsp3) is 0.571. The summed E-state index contributed by atoms with van der Waals surface area (Å²) in [5.41, 5.74) is 2.10. The number of halogens is 1. The zero-order valence-corrected chi connectivity index (χ0v) is 10.3. The molecule has 0 aliphatic heterocycles. The lowest BCUT2D eigenvalue weighted by Crippen LogP contribution is -2.11. The SMILES string of the molecule is Cc1ccc(F)cc1CCC(O)CC(C)C. The van der Waals surface area contributed by atoms with E-state index in [1.54, 1.807) is 12.1 Å². The van der Waals surface area contributed by atoms with Crippen LogP contribution in [0.15, 0.2) is 18.2 Å². The second kappa shape index (κ2) is 6.00. The van der Waals surface area contributed by atoms with Gasteiger partial charge in [0, 0.05) is 0 Å². The maximum absolute atomic E-state index is 13.0. The normalized spacial score (nSPS) is 13.1. The van der Waals surface area contributed by atoms with Crippen molar-refractivity contribution in [3.8, 4) is 0 Å². The van der Waals surface area contributed by atoms with Crippen LogP contribution in [0, 0.1) is 18.7 Å². The second-order valence-corrected chi connectivity index (χ2v) is 4.89. The maximum Gasteiger partial charge on any atom is 0.123 e. The fourth-order valence-corrected chi connectivity index (χ4v) is 1.89. The van der Waals surface area contributed by atoms with E-state index in [2.05, 4.69) is 13.8 Å². The lowest BCUT2D eigenvalue weighted by Gasteiger charge is -2.13. The summed E-state index contributed by atoms with van der Waals surface area (Å²) in [5, 5.41) is 9.75. The van der Waals surface area contributed by atoms with Gasteiger partial charge in [0.05, 0.1) is 6.10 Å². The van der Waals surface area contributed by atoms with Gasteiger partial charge in [0.2, 0.25) is 0 Å². The van der Waals surface area contributed by atoms with Crippen molar-refractivity contribution in [3.05, 3.63) is 35.1 Å². The summed E-state index contributed by atoms with van der Waals surface area (Å²) in [5.74, 6) is 0.308. The Morgan fingerprint density at radius 1 is 1.31 bits per heavy atom. The first-order chi connectivity index (χ1) is 7.49. The Hall–Kier alpha value is -0.890. The molecule has 1 aromatic carbocycles. The van der Waals surface area contributed by atoms with Gasteiger partial charge in [-0.2, -0.15) is 0 Å². The quantitative estimate of drug-likeness (QED) is 0.812. The number of hydrogen-bond donors (Lipinski definition) is 1. The van der Waals surface area contributed by atoms with Crippen LogP contribution in [-0.2, 0) is 6.42 Å². The number of aliphatic hydroxyl groups is 1. The predicted octanol–water partition coefficient (Wildman–Crippen LogP) is 3.47. The smallest absolute Gasteiger partial charge is 0.123 e. The van der Waals surface area contributed by atoms with Crippen molar-refractivity contribution in [1.29, 1.82) is 0 Å². The average Bonchev–Trinajstić information content (AvgIpc) is 2.18. The van der Waals surface area contributed by atoms with Crippen LogP contribution in [-0.4, -0.2) is 11.2 Å². The molecule has 0 bridgehead atoms. The lowest BCUT2D eigenvalue weighted by molar-refractivity contribution is 0.139. The van der Waals surface area contributed by atoms with E-state index in [9.17, 15) is 9.50 Å². The van der Waals surface area contributed by atoms with Crippen molar-refractivity contribution in [1.82, 2.24) is 0 Å². The molecule has 0 radical (unpaired) electrons. The molecule has 1 rings (SSSR count). The Morgan fingerprint density at radius 3 is 2.62 bits per heavy atom. The molecule has 0 saturated carbocycles. The van der Waals surface area contributed by atoms with E-state index in [0.29, 0.717) is 12.3 Å². The van der Waals surface area contributed by atoms with Crippen molar-refractivity contribution in [3.63, 3.8) is 0 Å². The summed E-state index contributed by atoms with van der Waals surface area (Å²) in [6, 6.07) is 4.83. The Balaban J connectivity index is 2.51. The molecular formula is C14H21FO. The van der Waals surface area contributed by atoms with Crippen LogP contribution in [0.1, 0.15) is 37.8 Å². The summed E-state index contributed by atoms with van der Waals surface area (Å²) in [6.07, 6.45) is 2.00. The highest BCUT2D eigenvalue weighted by Gasteiger charge is 2.08. The van der Waals surface area contributed by atoms with E-state index in [1.165, 1.54) is 6.07 Å². The molecule has 0 fully saturated rings. The van der Waals surface area contributed by atoms with E-state index >= 15 is 0 Å². The molecule has 2 heteroatoms. The zero-order chi connectivity index (χ0) is 12.1. The van der Waals surface area contributed by atoms with Gasteiger partial charge >= 0.3 is 0 Å². The minimum absolute atomic E-state index is 0.195. The van der Waals surface area contributed by atoms with Gasteiger partial charge < -0.3 is 5.11 Å². The molecule has 90 valence electrons. The molecule has 16 heavy (non-hydrogen) atoms. The summed E-state index contributed by atoms with van der Waals surface area (Å²) in [6.45, 7) is 6.16. The monoisotopic (exact) mass is 224 g/mol. The molecule has 1 atom stereocenters. The van der Waals surface area contributed by atoms with Crippen LogP contribution in [0.3, 0.4) is 0 Å². The number of benzene rings is 1. The molecule has 0 spiro atoms. The van der Waals surface area contributed by atoms with Crippen molar-refractivity contribution in [2.45, 2.75) is 46.1 Å². The van der Waals surface area contributed by atoms with Gasteiger partial charge in [-0.05, 0) is 55.4 Å². The van der Waals surface area contributed by atoms with Crippen LogP contribution in [0.5, 0.6) is 0 Å². The summed E-state index contributed by atoms with van der Waals surface area (Å²) < 4.78 is 13.0. The highest BCUT2D eigenvalue weighted by Crippen LogP contribution is 2.15. The van der Waals surface area contributed by atoms with E-state index in [1.807, 2.05) is 6.92 Å². The molecule has 0 heterocycles. The molecule has 0 aromatic heterocycles. The highest BCUT2D eigenvalue weighted by atomic mass is 19.1. The van der Waals surface area contributed by atoms with Crippen LogP contribution in [0.25, 0.3) is 0 Å². The average molecular weight is 224 g/mol. The first-order valence-corrected chi connectivity index (χ1v) is 5.92. The number of hydrogen-bond acceptors (Lipinski definition) is 1. The van der Waals surface area contributed by atoms with Gasteiger partial charge in [0.25, 0.3) is 0 Å². The van der Waals surface area contributed by atoms with Crippen molar-refractivity contribution < 1.29 is 9.50 Å². The molecule has 0 aliphatic carbocycles. The third kappa shape index (κ3) is 4.31. The van der Waals surface area contributed by atoms with Crippen LogP contribution in [0.4, 0.5) is 4.39 Å². The zero-order valence-electron chi connectivity index (χ0n) is 10.3. The molecule has 0 saturated heterocycles. The first kappa shape index (κ1) is 13.2. The van der Waals surface area contributed by atoms with E-state index in [-0.39, 0.29) is 11.9 Å². The largest absolute Gasteiger partial charge is 0.393 e. The van der Waals surface area contributed by atoms with Gasteiger partial charge in [-0.15, -0.1) is 0 Å². The Labute approximate surface area is 97.3 Å².